The lowest BCUT2D eigenvalue weighted by molar-refractivity contribution is 0.0953. The molecule has 0 unspecified atom stereocenters. The molecule has 93 valence electrons. The third-order valence-corrected chi connectivity index (χ3v) is 3.39. The molecule has 0 saturated carbocycles. The molecule has 0 saturated heterocycles. The SMILES string of the molecule is [CH2]CCCNC(=O)c1ccc(S(C)(=O)=O)cc1. The average Bonchev–Trinajstić information content (AvgIpc) is 2.28. The van der Waals surface area contributed by atoms with Crippen LogP contribution in [-0.4, -0.2) is 27.1 Å². The summed E-state index contributed by atoms with van der Waals surface area (Å²) in [6.45, 7) is 4.26. The number of carbonyl (C=O) groups is 1. The van der Waals surface area contributed by atoms with Gasteiger partial charge in [-0.3, -0.25) is 4.79 Å². The second-order valence-electron chi connectivity index (χ2n) is 3.76. The molecule has 1 aromatic rings. The Morgan fingerprint density at radius 2 is 1.88 bits per heavy atom. The maximum absolute atomic E-state index is 11.6. The second-order valence-corrected chi connectivity index (χ2v) is 5.78. The number of sulfone groups is 1. The van der Waals surface area contributed by atoms with Crippen LogP contribution >= 0.6 is 0 Å². The van der Waals surface area contributed by atoms with E-state index in [1.165, 1.54) is 24.3 Å². The van der Waals surface area contributed by atoms with E-state index in [4.69, 9.17) is 0 Å². The van der Waals surface area contributed by atoms with Crippen LogP contribution in [0.2, 0.25) is 0 Å². The van der Waals surface area contributed by atoms with Crippen molar-refractivity contribution in [2.75, 3.05) is 12.8 Å². The molecule has 0 spiro atoms. The first kappa shape index (κ1) is 13.7. The van der Waals surface area contributed by atoms with Crippen molar-refractivity contribution in [3.8, 4) is 0 Å². The zero-order valence-corrected chi connectivity index (χ0v) is 10.6. The van der Waals surface area contributed by atoms with E-state index in [0.717, 1.165) is 19.1 Å². The number of amides is 1. The molecule has 0 aliphatic rings. The lowest BCUT2D eigenvalue weighted by Gasteiger charge is -2.04. The molecular weight excluding hydrogens is 238 g/mol. The first-order valence-corrected chi connectivity index (χ1v) is 7.22. The predicted molar refractivity (Wildman–Crippen MR) is 66.5 cm³/mol. The molecule has 1 aromatic carbocycles. The van der Waals surface area contributed by atoms with E-state index in [-0.39, 0.29) is 10.8 Å². The number of benzene rings is 1. The molecule has 0 heterocycles. The third kappa shape index (κ3) is 4.19. The topological polar surface area (TPSA) is 63.2 Å². The summed E-state index contributed by atoms with van der Waals surface area (Å²) in [7, 11) is -3.21. The van der Waals surface area contributed by atoms with Crippen molar-refractivity contribution in [3.63, 3.8) is 0 Å². The number of unbranched alkanes of at least 4 members (excludes halogenated alkanes) is 1. The van der Waals surface area contributed by atoms with E-state index in [9.17, 15) is 13.2 Å². The van der Waals surface area contributed by atoms with E-state index < -0.39 is 9.84 Å². The minimum absolute atomic E-state index is 0.196. The van der Waals surface area contributed by atoms with Gasteiger partial charge < -0.3 is 5.32 Å². The van der Waals surface area contributed by atoms with Crippen molar-refractivity contribution in [3.05, 3.63) is 36.8 Å². The van der Waals surface area contributed by atoms with Crippen LogP contribution in [-0.2, 0) is 9.84 Å². The number of hydrogen-bond acceptors (Lipinski definition) is 3. The summed E-state index contributed by atoms with van der Waals surface area (Å²) in [5.74, 6) is -0.196. The van der Waals surface area contributed by atoms with Crippen molar-refractivity contribution in [2.45, 2.75) is 17.7 Å². The van der Waals surface area contributed by atoms with Gasteiger partial charge in [0, 0.05) is 18.4 Å². The van der Waals surface area contributed by atoms with Crippen LogP contribution in [0.1, 0.15) is 23.2 Å². The Hall–Kier alpha value is -1.36. The van der Waals surface area contributed by atoms with Gasteiger partial charge in [0.2, 0.25) is 0 Å². The minimum atomic E-state index is -3.21. The predicted octanol–water partition coefficient (Wildman–Crippen LogP) is 1.43. The summed E-state index contributed by atoms with van der Waals surface area (Å²) < 4.78 is 22.4. The molecule has 4 nitrogen and oxygen atoms in total. The summed E-state index contributed by atoms with van der Waals surface area (Å²) >= 11 is 0. The normalized spacial score (nSPS) is 11.2. The maximum atomic E-state index is 11.6. The van der Waals surface area contributed by atoms with Gasteiger partial charge in [-0.1, -0.05) is 13.3 Å². The molecule has 0 aliphatic carbocycles. The molecule has 0 aliphatic heterocycles. The zero-order chi connectivity index (χ0) is 12.9. The molecule has 1 radical (unpaired) electrons. The van der Waals surface area contributed by atoms with Crippen molar-refractivity contribution in [1.82, 2.24) is 5.32 Å². The first-order valence-electron chi connectivity index (χ1n) is 5.32. The Morgan fingerprint density at radius 3 is 2.35 bits per heavy atom. The van der Waals surface area contributed by atoms with Crippen LogP contribution in [0.3, 0.4) is 0 Å². The minimum Gasteiger partial charge on any atom is -0.352 e. The van der Waals surface area contributed by atoms with Crippen LogP contribution in [0, 0.1) is 6.92 Å². The first-order chi connectivity index (χ1) is 7.95. The lowest BCUT2D eigenvalue weighted by Crippen LogP contribution is -2.24. The van der Waals surface area contributed by atoms with Crippen LogP contribution in [0.15, 0.2) is 29.2 Å². The summed E-state index contributed by atoms with van der Waals surface area (Å²) in [5, 5.41) is 2.73. The Labute approximate surface area is 102 Å². The highest BCUT2D eigenvalue weighted by atomic mass is 32.2. The molecular formula is C12H16NO3S. The van der Waals surface area contributed by atoms with Crippen LogP contribution in [0.25, 0.3) is 0 Å². The molecule has 1 amide bonds. The standard InChI is InChI=1S/C12H16NO3S/c1-3-4-9-13-12(14)10-5-7-11(8-6-10)17(2,15)16/h5-8H,1,3-4,9H2,2H3,(H,13,14). The summed E-state index contributed by atoms with van der Waals surface area (Å²) in [6, 6.07) is 5.89. The van der Waals surface area contributed by atoms with E-state index in [1.54, 1.807) is 0 Å². The van der Waals surface area contributed by atoms with Crippen molar-refractivity contribution >= 4 is 15.7 Å². The van der Waals surface area contributed by atoms with Gasteiger partial charge in [0.15, 0.2) is 9.84 Å². The largest absolute Gasteiger partial charge is 0.352 e. The van der Waals surface area contributed by atoms with Crippen LogP contribution < -0.4 is 5.32 Å². The van der Waals surface area contributed by atoms with Crippen molar-refractivity contribution in [1.29, 1.82) is 0 Å². The van der Waals surface area contributed by atoms with E-state index in [1.807, 2.05) is 0 Å². The number of carbonyl (C=O) groups excluding carboxylic acids is 1. The second kappa shape index (κ2) is 5.82. The van der Waals surface area contributed by atoms with Crippen molar-refractivity contribution in [2.24, 2.45) is 0 Å². The Bertz CT molecular complexity index is 477. The van der Waals surface area contributed by atoms with Crippen molar-refractivity contribution < 1.29 is 13.2 Å². The fraction of sp³-hybridized carbons (Fsp3) is 0.333. The van der Waals surface area contributed by atoms with Crippen LogP contribution in [0.4, 0.5) is 0 Å². The van der Waals surface area contributed by atoms with Gasteiger partial charge in [-0.05, 0) is 30.7 Å². The van der Waals surface area contributed by atoms with Crippen LogP contribution in [0.5, 0.6) is 0 Å². The fourth-order valence-corrected chi connectivity index (χ4v) is 1.91. The van der Waals surface area contributed by atoms with Gasteiger partial charge in [-0.2, -0.15) is 0 Å². The van der Waals surface area contributed by atoms with Gasteiger partial charge in [0.25, 0.3) is 5.91 Å². The average molecular weight is 254 g/mol. The molecule has 0 bridgehead atoms. The summed E-state index contributed by atoms with van der Waals surface area (Å²) in [5.41, 5.74) is 0.460. The number of rotatable bonds is 5. The Balaban J connectivity index is 2.71. The molecule has 1 rings (SSSR count). The summed E-state index contributed by atoms with van der Waals surface area (Å²) in [4.78, 5) is 11.8. The fourth-order valence-electron chi connectivity index (χ4n) is 1.28. The molecule has 0 atom stereocenters. The Kier molecular flexibility index (Phi) is 4.69. The number of nitrogens with one attached hydrogen (secondary N) is 1. The smallest absolute Gasteiger partial charge is 0.251 e. The molecule has 17 heavy (non-hydrogen) atoms. The van der Waals surface area contributed by atoms with E-state index >= 15 is 0 Å². The van der Waals surface area contributed by atoms with Gasteiger partial charge >= 0.3 is 0 Å². The highest BCUT2D eigenvalue weighted by Gasteiger charge is 2.09. The van der Waals surface area contributed by atoms with Gasteiger partial charge in [-0.25, -0.2) is 8.42 Å². The monoisotopic (exact) mass is 254 g/mol. The molecule has 0 aromatic heterocycles. The van der Waals surface area contributed by atoms with Gasteiger partial charge in [-0.15, -0.1) is 0 Å². The van der Waals surface area contributed by atoms with Gasteiger partial charge in [0.1, 0.15) is 0 Å². The quantitative estimate of drug-likeness (QED) is 0.809. The molecule has 0 fully saturated rings. The Morgan fingerprint density at radius 1 is 1.29 bits per heavy atom. The zero-order valence-electron chi connectivity index (χ0n) is 9.77. The molecule has 1 N–H and O–H groups in total. The van der Waals surface area contributed by atoms with E-state index in [0.29, 0.717) is 12.1 Å². The number of hydrogen-bond donors (Lipinski definition) is 1. The lowest BCUT2D eigenvalue weighted by atomic mass is 10.2. The molecule has 5 heteroatoms. The van der Waals surface area contributed by atoms with E-state index in [2.05, 4.69) is 12.2 Å². The van der Waals surface area contributed by atoms with Gasteiger partial charge in [0.05, 0.1) is 4.90 Å². The highest BCUT2D eigenvalue weighted by Crippen LogP contribution is 2.10. The third-order valence-electron chi connectivity index (χ3n) is 2.26. The highest BCUT2D eigenvalue weighted by molar-refractivity contribution is 7.90. The maximum Gasteiger partial charge on any atom is 0.251 e. The summed E-state index contributed by atoms with van der Waals surface area (Å²) in [6.07, 6.45) is 2.73.